The van der Waals surface area contributed by atoms with Crippen LogP contribution in [-0.4, -0.2) is 26.9 Å². The molecule has 6 rings (SSSR count). The van der Waals surface area contributed by atoms with Crippen molar-refractivity contribution in [2.45, 2.75) is 0 Å². The zero-order valence-electron chi connectivity index (χ0n) is 18.2. The van der Waals surface area contributed by atoms with Gasteiger partial charge >= 0.3 is 5.69 Å². The summed E-state index contributed by atoms with van der Waals surface area (Å²) in [4.78, 5) is 18.4. The fourth-order valence-electron chi connectivity index (χ4n) is 4.12. The molecule has 3 heterocycles. The van der Waals surface area contributed by atoms with Gasteiger partial charge in [0.05, 0.1) is 23.0 Å². The molecule has 0 unspecified atom stereocenters. The summed E-state index contributed by atoms with van der Waals surface area (Å²) in [6.45, 7) is 0. The van der Waals surface area contributed by atoms with Crippen molar-refractivity contribution in [3.8, 4) is 33.8 Å². The molecular weight excluding hydrogens is 444 g/mol. The zero-order valence-corrected chi connectivity index (χ0v) is 19.0. The Hall–Kier alpha value is -4.36. The van der Waals surface area contributed by atoms with Gasteiger partial charge in [0.1, 0.15) is 16.3 Å². The largest absolute Gasteiger partial charge is 0.497 e. The number of fused-ring (bicyclic) bond motifs is 3. The first-order valence-corrected chi connectivity index (χ1v) is 11.5. The second-order valence-corrected chi connectivity index (χ2v) is 8.77. The average molecular weight is 463 g/mol. The van der Waals surface area contributed by atoms with E-state index in [1.807, 2.05) is 91.1 Å². The van der Waals surface area contributed by atoms with Crippen molar-refractivity contribution in [1.29, 1.82) is 0 Å². The number of benzene rings is 3. The van der Waals surface area contributed by atoms with E-state index in [0.29, 0.717) is 5.52 Å². The minimum absolute atomic E-state index is 0.352. The standard InChI is InChI=1S/C27H18N4O2S/c1-33-20-14-12-19(13-15-20)31-16-21-25(28-27(31)32)23-22(17-8-4-2-5-9-17)24(29-30-26(23)34-21)18-10-6-3-7-11-18/h2-16H,1H3. The van der Waals surface area contributed by atoms with Crippen LogP contribution in [0, 0.1) is 0 Å². The first kappa shape index (κ1) is 20.3. The van der Waals surface area contributed by atoms with E-state index in [1.54, 1.807) is 11.7 Å². The van der Waals surface area contributed by atoms with Crippen LogP contribution < -0.4 is 10.4 Å². The van der Waals surface area contributed by atoms with Gasteiger partial charge in [-0.2, -0.15) is 4.98 Å². The summed E-state index contributed by atoms with van der Waals surface area (Å²) in [5, 5.41) is 9.99. The fraction of sp³-hybridized carbons (Fsp3) is 0.0370. The third-order valence-corrected chi connectivity index (χ3v) is 6.74. The summed E-state index contributed by atoms with van der Waals surface area (Å²) in [5.41, 5.74) is 4.66. The maximum Gasteiger partial charge on any atom is 0.352 e. The van der Waals surface area contributed by atoms with Crippen molar-refractivity contribution in [3.63, 3.8) is 0 Å². The quantitative estimate of drug-likeness (QED) is 0.334. The van der Waals surface area contributed by atoms with Gasteiger partial charge in [0.2, 0.25) is 0 Å². The average Bonchev–Trinajstić information content (AvgIpc) is 3.26. The Morgan fingerprint density at radius 2 is 1.50 bits per heavy atom. The van der Waals surface area contributed by atoms with E-state index in [2.05, 4.69) is 15.2 Å². The lowest BCUT2D eigenvalue weighted by molar-refractivity contribution is 0.414. The van der Waals surface area contributed by atoms with Gasteiger partial charge in [0.25, 0.3) is 0 Å². The highest BCUT2D eigenvalue weighted by Gasteiger charge is 2.20. The van der Waals surface area contributed by atoms with Gasteiger partial charge in [0.15, 0.2) is 0 Å². The first-order valence-electron chi connectivity index (χ1n) is 10.7. The number of methoxy groups -OCH3 is 1. The predicted molar refractivity (Wildman–Crippen MR) is 136 cm³/mol. The molecule has 164 valence electrons. The molecule has 0 fully saturated rings. The Labute approximate surface area is 198 Å². The van der Waals surface area contributed by atoms with Gasteiger partial charge in [0, 0.05) is 22.7 Å². The molecule has 34 heavy (non-hydrogen) atoms. The molecule has 0 amide bonds. The third-order valence-electron chi connectivity index (χ3n) is 5.74. The molecule has 3 aromatic carbocycles. The Bertz CT molecular complexity index is 1690. The maximum atomic E-state index is 13.1. The minimum Gasteiger partial charge on any atom is -0.497 e. The molecule has 0 saturated carbocycles. The van der Waals surface area contributed by atoms with Crippen LogP contribution >= 0.6 is 11.3 Å². The summed E-state index contributed by atoms with van der Waals surface area (Å²) in [6.07, 6.45) is 1.83. The zero-order chi connectivity index (χ0) is 23.1. The van der Waals surface area contributed by atoms with Crippen LogP contribution in [0.25, 0.3) is 48.5 Å². The molecule has 0 radical (unpaired) electrons. The summed E-state index contributed by atoms with van der Waals surface area (Å²) in [7, 11) is 1.61. The normalized spacial score (nSPS) is 11.2. The van der Waals surface area contributed by atoms with Crippen LogP contribution in [0.4, 0.5) is 0 Å². The molecule has 6 nitrogen and oxygen atoms in total. The lowest BCUT2D eigenvalue weighted by atomic mass is 9.97. The number of ether oxygens (including phenoxy) is 1. The lowest BCUT2D eigenvalue weighted by Crippen LogP contribution is -2.20. The predicted octanol–water partition coefficient (Wildman–Crippen LogP) is 5.73. The Morgan fingerprint density at radius 3 is 2.18 bits per heavy atom. The molecule has 0 saturated heterocycles. The fourth-order valence-corrected chi connectivity index (χ4v) is 5.11. The second kappa shape index (κ2) is 8.20. The van der Waals surface area contributed by atoms with E-state index in [4.69, 9.17) is 4.74 Å². The van der Waals surface area contributed by atoms with Gasteiger partial charge in [-0.15, -0.1) is 21.5 Å². The number of nitrogens with zero attached hydrogens (tertiary/aromatic N) is 4. The smallest absolute Gasteiger partial charge is 0.352 e. The van der Waals surface area contributed by atoms with Crippen molar-refractivity contribution in [3.05, 3.63) is 102 Å². The highest BCUT2D eigenvalue weighted by molar-refractivity contribution is 7.25. The van der Waals surface area contributed by atoms with Crippen molar-refractivity contribution in [1.82, 2.24) is 19.7 Å². The van der Waals surface area contributed by atoms with Crippen molar-refractivity contribution in [2.75, 3.05) is 7.11 Å². The van der Waals surface area contributed by atoms with E-state index in [-0.39, 0.29) is 5.69 Å². The van der Waals surface area contributed by atoms with E-state index in [9.17, 15) is 4.79 Å². The molecular formula is C27H18N4O2S. The molecule has 0 bridgehead atoms. The summed E-state index contributed by atoms with van der Waals surface area (Å²) in [5.74, 6) is 0.726. The number of aromatic nitrogens is 4. The van der Waals surface area contributed by atoms with Gasteiger partial charge in [-0.3, -0.25) is 4.57 Å². The van der Waals surface area contributed by atoms with Crippen molar-refractivity contribution >= 4 is 31.8 Å². The van der Waals surface area contributed by atoms with Crippen molar-refractivity contribution < 1.29 is 4.74 Å². The summed E-state index contributed by atoms with van der Waals surface area (Å²) in [6, 6.07) is 27.3. The number of hydrogen-bond acceptors (Lipinski definition) is 6. The van der Waals surface area contributed by atoms with Crippen LogP contribution in [0.1, 0.15) is 0 Å². The third kappa shape index (κ3) is 3.34. The Kier molecular flexibility index (Phi) is 4.89. The lowest BCUT2D eigenvalue weighted by Gasteiger charge is -2.10. The highest BCUT2D eigenvalue weighted by Crippen LogP contribution is 2.41. The molecule has 7 heteroatoms. The first-order chi connectivity index (χ1) is 16.7. The molecule has 0 N–H and O–H groups in total. The van der Waals surface area contributed by atoms with Gasteiger partial charge in [-0.05, 0) is 29.8 Å². The monoisotopic (exact) mass is 462 g/mol. The number of thiophene rings is 1. The Balaban J connectivity index is 1.65. The summed E-state index contributed by atoms with van der Waals surface area (Å²) >= 11 is 1.48. The maximum absolute atomic E-state index is 13.1. The molecule has 0 atom stereocenters. The molecule has 3 aromatic heterocycles. The molecule has 0 spiro atoms. The Morgan fingerprint density at radius 1 is 0.824 bits per heavy atom. The molecule has 0 aliphatic carbocycles. The number of hydrogen-bond donors (Lipinski definition) is 0. The van der Waals surface area contributed by atoms with Crippen LogP contribution in [0.2, 0.25) is 0 Å². The minimum atomic E-state index is -0.352. The van der Waals surface area contributed by atoms with Crippen LogP contribution in [0.5, 0.6) is 5.75 Å². The van der Waals surface area contributed by atoms with Crippen LogP contribution in [0.15, 0.2) is 95.9 Å². The summed E-state index contributed by atoms with van der Waals surface area (Å²) < 4.78 is 7.64. The van der Waals surface area contributed by atoms with Crippen LogP contribution in [-0.2, 0) is 0 Å². The molecule has 0 aliphatic rings. The van der Waals surface area contributed by atoms with Gasteiger partial charge < -0.3 is 4.74 Å². The van der Waals surface area contributed by atoms with Crippen LogP contribution in [0.3, 0.4) is 0 Å². The van der Waals surface area contributed by atoms with Gasteiger partial charge in [-0.25, -0.2) is 4.79 Å². The highest BCUT2D eigenvalue weighted by atomic mass is 32.1. The molecule has 0 aliphatic heterocycles. The second-order valence-electron chi connectivity index (χ2n) is 7.74. The van der Waals surface area contributed by atoms with E-state index < -0.39 is 0 Å². The SMILES string of the molecule is COc1ccc(-n2cc3sc4nnc(-c5ccccc5)c(-c5ccccc5)c4c3nc2=O)cc1. The topological polar surface area (TPSA) is 69.9 Å². The van der Waals surface area contributed by atoms with E-state index >= 15 is 0 Å². The van der Waals surface area contributed by atoms with E-state index in [0.717, 1.165) is 48.7 Å². The van der Waals surface area contributed by atoms with Crippen molar-refractivity contribution in [2.24, 2.45) is 0 Å². The number of rotatable bonds is 4. The molecule has 6 aromatic rings. The van der Waals surface area contributed by atoms with Gasteiger partial charge in [-0.1, -0.05) is 60.7 Å². The van der Waals surface area contributed by atoms with E-state index in [1.165, 1.54) is 11.3 Å².